The second kappa shape index (κ2) is 9.39. The fraction of sp³-hybridized carbons (Fsp3) is 0.381. The fourth-order valence-corrected chi connectivity index (χ4v) is 3.75. The van der Waals surface area contributed by atoms with Crippen LogP contribution in [0.1, 0.15) is 51.7 Å². The molecule has 0 bridgehead atoms. The van der Waals surface area contributed by atoms with E-state index in [2.05, 4.69) is 5.32 Å². The highest BCUT2D eigenvalue weighted by Gasteiger charge is 2.25. The average molecular weight is 420 g/mol. The number of nitrogens with one attached hydrogen (secondary N) is 1. The van der Waals surface area contributed by atoms with Crippen LogP contribution in [0.4, 0.5) is 0 Å². The van der Waals surface area contributed by atoms with Gasteiger partial charge in [0.05, 0.1) is 4.91 Å². The molecule has 0 aromatic heterocycles. The standard InChI is InChI=1S/C21H25NO4S2/c1-11(2)15-10-14(7-6-13(5)18-19(23)22-21(27)28-18)8-9-16(15)26-17(12(3)4)20(24)25/h6-12,17H,1-5H3,(H,24,25)(H,22,23,27). The van der Waals surface area contributed by atoms with Gasteiger partial charge < -0.3 is 15.2 Å². The highest BCUT2D eigenvalue weighted by molar-refractivity contribution is 8.26. The number of carboxylic acid groups (broad SMARTS) is 1. The minimum Gasteiger partial charge on any atom is -0.478 e. The Morgan fingerprint density at radius 1 is 1.29 bits per heavy atom. The Balaban J connectivity index is 2.29. The Morgan fingerprint density at radius 3 is 2.46 bits per heavy atom. The Morgan fingerprint density at radius 2 is 1.96 bits per heavy atom. The number of carboxylic acids is 1. The highest BCUT2D eigenvalue weighted by Crippen LogP contribution is 2.31. The van der Waals surface area contributed by atoms with Gasteiger partial charge in [0.15, 0.2) is 6.10 Å². The van der Waals surface area contributed by atoms with Crippen LogP contribution >= 0.6 is 24.0 Å². The highest BCUT2D eigenvalue weighted by atomic mass is 32.2. The maximum Gasteiger partial charge on any atom is 0.345 e. The van der Waals surface area contributed by atoms with Crippen molar-refractivity contribution < 1.29 is 19.4 Å². The zero-order chi connectivity index (χ0) is 21.0. The number of allylic oxidation sites excluding steroid dienone is 2. The van der Waals surface area contributed by atoms with Gasteiger partial charge in [-0.05, 0) is 41.7 Å². The van der Waals surface area contributed by atoms with Crippen molar-refractivity contribution in [1.82, 2.24) is 5.32 Å². The molecule has 2 N–H and O–H groups in total. The van der Waals surface area contributed by atoms with Gasteiger partial charge in [0.25, 0.3) is 5.91 Å². The zero-order valence-corrected chi connectivity index (χ0v) is 18.2. The monoisotopic (exact) mass is 419 g/mol. The summed E-state index contributed by atoms with van der Waals surface area (Å²) in [5.74, 6) is -0.539. The molecule has 0 radical (unpaired) electrons. The maximum atomic E-state index is 11.9. The minimum atomic E-state index is -0.971. The molecule has 5 nitrogen and oxygen atoms in total. The van der Waals surface area contributed by atoms with Gasteiger partial charge in [-0.15, -0.1) is 0 Å². The van der Waals surface area contributed by atoms with Crippen LogP contribution in [0.2, 0.25) is 0 Å². The summed E-state index contributed by atoms with van der Waals surface area (Å²) in [5.41, 5.74) is 2.71. The summed E-state index contributed by atoms with van der Waals surface area (Å²) >= 11 is 6.28. The zero-order valence-electron chi connectivity index (χ0n) is 16.6. The van der Waals surface area contributed by atoms with E-state index in [1.807, 2.05) is 65.0 Å². The number of hydrogen-bond donors (Lipinski definition) is 2. The molecule has 0 saturated carbocycles. The first kappa shape index (κ1) is 22.2. The summed E-state index contributed by atoms with van der Waals surface area (Å²) in [7, 11) is 0. The molecule has 150 valence electrons. The Kier molecular flexibility index (Phi) is 7.43. The van der Waals surface area contributed by atoms with Crippen molar-refractivity contribution in [2.24, 2.45) is 5.92 Å². The molecular formula is C21H25NO4S2. The van der Waals surface area contributed by atoms with Gasteiger partial charge in [0.1, 0.15) is 10.1 Å². The Labute approximate surface area is 175 Å². The van der Waals surface area contributed by atoms with Gasteiger partial charge in [-0.1, -0.05) is 69.9 Å². The topological polar surface area (TPSA) is 75.6 Å². The van der Waals surface area contributed by atoms with E-state index in [0.717, 1.165) is 16.7 Å². The average Bonchev–Trinajstić information content (AvgIpc) is 2.95. The molecule has 1 fully saturated rings. The third-order valence-corrected chi connectivity index (χ3v) is 5.61. The smallest absolute Gasteiger partial charge is 0.345 e. The largest absolute Gasteiger partial charge is 0.478 e. The van der Waals surface area contributed by atoms with Gasteiger partial charge in [0.2, 0.25) is 0 Å². The van der Waals surface area contributed by atoms with Crippen LogP contribution in [0.25, 0.3) is 6.08 Å². The number of thiocarbonyl (C=S) groups is 1. The van der Waals surface area contributed by atoms with Crippen LogP contribution in [-0.2, 0) is 9.59 Å². The minimum absolute atomic E-state index is 0.146. The van der Waals surface area contributed by atoms with Crippen molar-refractivity contribution in [1.29, 1.82) is 0 Å². The van der Waals surface area contributed by atoms with E-state index in [1.54, 1.807) is 0 Å². The molecule has 1 heterocycles. The molecule has 0 spiro atoms. The molecule has 0 aliphatic carbocycles. The molecule has 1 aromatic carbocycles. The SMILES string of the molecule is CC(C=Cc1ccc(OC(C(=O)O)C(C)C)c(C(C)C)c1)=C1SC(=S)NC1=O. The van der Waals surface area contributed by atoms with Crippen molar-refractivity contribution in [2.45, 2.75) is 46.6 Å². The van der Waals surface area contributed by atoms with E-state index in [9.17, 15) is 14.7 Å². The number of ether oxygens (including phenoxy) is 1. The van der Waals surface area contributed by atoms with E-state index >= 15 is 0 Å². The summed E-state index contributed by atoms with van der Waals surface area (Å²) < 4.78 is 6.28. The lowest BCUT2D eigenvalue weighted by atomic mass is 9.98. The van der Waals surface area contributed by atoms with Crippen molar-refractivity contribution in [3.63, 3.8) is 0 Å². The van der Waals surface area contributed by atoms with Crippen LogP contribution in [0.15, 0.2) is 34.8 Å². The second-order valence-corrected chi connectivity index (χ2v) is 8.95. The second-order valence-electron chi connectivity index (χ2n) is 7.26. The summed E-state index contributed by atoms with van der Waals surface area (Å²) in [5, 5.41) is 12.0. The quantitative estimate of drug-likeness (QED) is 0.491. The third-order valence-electron chi connectivity index (χ3n) is 4.26. The predicted octanol–water partition coefficient (Wildman–Crippen LogP) is 4.73. The van der Waals surface area contributed by atoms with Gasteiger partial charge in [-0.25, -0.2) is 4.79 Å². The van der Waals surface area contributed by atoms with Gasteiger partial charge in [-0.2, -0.15) is 0 Å². The molecule has 28 heavy (non-hydrogen) atoms. The Hall–Kier alpha value is -2.12. The molecule has 1 aliphatic heterocycles. The molecule has 7 heteroatoms. The van der Waals surface area contributed by atoms with Crippen LogP contribution in [0, 0.1) is 5.92 Å². The summed E-state index contributed by atoms with van der Waals surface area (Å²) in [6.45, 7) is 9.59. The van der Waals surface area contributed by atoms with E-state index in [1.165, 1.54) is 11.8 Å². The van der Waals surface area contributed by atoms with Crippen LogP contribution in [-0.4, -0.2) is 27.4 Å². The molecule has 1 amide bonds. The van der Waals surface area contributed by atoms with E-state index < -0.39 is 12.1 Å². The summed E-state index contributed by atoms with van der Waals surface area (Å²) in [6.07, 6.45) is 2.90. The van der Waals surface area contributed by atoms with Crippen LogP contribution < -0.4 is 10.1 Å². The molecule has 1 atom stereocenters. The Bertz CT molecular complexity index is 856. The molecular weight excluding hydrogens is 394 g/mol. The maximum absolute atomic E-state index is 11.9. The van der Waals surface area contributed by atoms with Crippen LogP contribution in [0.3, 0.4) is 0 Å². The number of amides is 1. The number of benzene rings is 1. The van der Waals surface area contributed by atoms with Crippen molar-refractivity contribution in [2.75, 3.05) is 0 Å². The number of carbonyl (C=O) groups excluding carboxylic acids is 1. The number of hydrogen-bond acceptors (Lipinski definition) is 5. The van der Waals surface area contributed by atoms with E-state index in [4.69, 9.17) is 17.0 Å². The first-order valence-electron chi connectivity index (χ1n) is 9.05. The van der Waals surface area contributed by atoms with Crippen molar-refractivity contribution in [3.8, 4) is 5.75 Å². The fourth-order valence-electron chi connectivity index (χ4n) is 2.71. The third kappa shape index (κ3) is 5.45. The van der Waals surface area contributed by atoms with Crippen molar-refractivity contribution >= 4 is 46.3 Å². The lowest BCUT2D eigenvalue weighted by molar-refractivity contribution is -0.147. The lowest BCUT2D eigenvalue weighted by Gasteiger charge is -2.22. The first-order chi connectivity index (χ1) is 13.1. The molecule has 1 saturated heterocycles. The van der Waals surface area contributed by atoms with E-state index in [0.29, 0.717) is 15.0 Å². The van der Waals surface area contributed by atoms with Crippen molar-refractivity contribution in [3.05, 3.63) is 45.9 Å². The summed E-state index contributed by atoms with van der Waals surface area (Å²) in [4.78, 5) is 23.9. The lowest BCUT2D eigenvalue weighted by Crippen LogP contribution is -2.32. The number of carbonyl (C=O) groups is 2. The van der Waals surface area contributed by atoms with Gasteiger partial charge in [0, 0.05) is 5.92 Å². The number of thioether (sulfide) groups is 1. The van der Waals surface area contributed by atoms with Gasteiger partial charge >= 0.3 is 5.97 Å². The first-order valence-corrected chi connectivity index (χ1v) is 10.3. The molecule has 1 aliphatic rings. The summed E-state index contributed by atoms with van der Waals surface area (Å²) in [6, 6.07) is 5.67. The van der Waals surface area contributed by atoms with Crippen LogP contribution in [0.5, 0.6) is 5.75 Å². The van der Waals surface area contributed by atoms with Gasteiger partial charge in [-0.3, -0.25) is 4.79 Å². The number of rotatable bonds is 7. The normalized spacial score (nSPS) is 17.4. The molecule has 1 aromatic rings. The molecule has 1 unspecified atom stereocenters. The predicted molar refractivity (Wildman–Crippen MR) is 117 cm³/mol. The number of aliphatic carboxylic acids is 1. The molecule has 2 rings (SSSR count). The van der Waals surface area contributed by atoms with E-state index in [-0.39, 0.29) is 17.7 Å².